The van der Waals surface area contributed by atoms with E-state index in [2.05, 4.69) is 31.0 Å². The predicted octanol–water partition coefficient (Wildman–Crippen LogP) is 3.52. The van der Waals surface area contributed by atoms with Crippen LogP contribution in [0, 0.1) is 17.8 Å². The maximum absolute atomic E-state index is 3.80. The van der Waals surface area contributed by atoms with Gasteiger partial charge in [0.2, 0.25) is 0 Å². The summed E-state index contributed by atoms with van der Waals surface area (Å²) in [5, 5.41) is 3.80. The van der Waals surface area contributed by atoms with E-state index in [-0.39, 0.29) is 0 Å². The van der Waals surface area contributed by atoms with Crippen molar-refractivity contribution in [3.8, 4) is 0 Å². The molecule has 1 saturated heterocycles. The third-order valence-corrected chi connectivity index (χ3v) is 5.31. The van der Waals surface area contributed by atoms with Gasteiger partial charge >= 0.3 is 0 Å². The summed E-state index contributed by atoms with van der Waals surface area (Å²) >= 11 is 0. The van der Waals surface area contributed by atoms with E-state index in [1.54, 1.807) is 0 Å². The van der Waals surface area contributed by atoms with Crippen LogP contribution in [0.1, 0.15) is 59.3 Å². The smallest absolute Gasteiger partial charge is 0.0107 e. The number of nitrogens with one attached hydrogen (secondary N) is 1. The Labute approximate surface area is 120 Å². The molecule has 2 heteroatoms. The first-order valence-corrected chi connectivity index (χ1v) is 8.66. The Hall–Kier alpha value is -0.0800. The van der Waals surface area contributed by atoms with Gasteiger partial charge in [-0.1, -0.05) is 33.6 Å². The number of hydrogen-bond donors (Lipinski definition) is 1. The molecule has 1 aliphatic heterocycles. The first-order chi connectivity index (χ1) is 9.20. The monoisotopic (exact) mass is 266 g/mol. The zero-order chi connectivity index (χ0) is 13.7. The van der Waals surface area contributed by atoms with Crippen molar-refractivity contribution in [3.63, 3.8) is 0 Å². The normalized spacial score (nSPS) is 33.2. The number of nitrogens with zero attached hydrogens (tertiary/aromatic N) is 1. The van der Waals surface area contributed by atoms with E-state index in [9.17, 15) is 0 Å². The summed E-state index contributed by atoms with van der Waals surface area (Å²) in [6.07, 6.45) is 8.44. The first kappa shape index (κ1) is 15.3. The van der Waals surface area contributed by atoms with Crippen molar-refractivity contribution in [2.75, 3.05) is 26.2 Å². The summed E-state index contributed by atoms with van der Waals surface area (Å²) in [5.41, 5.74) is 0. The fourth-order valence-electron chi connectivity index (χ4n) is 3.93. The fraction of sp³-hybridized carbons (Fsp3) is 1.00. The third-order valence-electron chi connectivity index (χ3n) is 5.31. The van der Waals surface area contributed by atoms with Crippen LogP contribution in [-0.2, 0) is 0 Å². The molecule has 3 atom stereocenters. The standard InChI is InChI=1S/C17H34N2/c1-4-10-18-17-8-6-5-7-16(17)13-19-11-9-15(12-19)14(2)3/h14-18H,4-13H2,1-3H3. The highest BCUT2D eigenvalue weighted by atomic mass is 15.2. The summed E-state index contributed by atoms with van der Waals surface area (Å²) < 4.78 is 0. The Kier molecular flexibility index (Phi) is 6.15. The molecule has 0 amide bonds. The van der Waals surface area contributed by atoms with Gasteiger partial charge in [-0.05, 0) is 56.5 Å². The third kappa shape index (κ3) is 4.46. The number of likely N-dealkylation sites (tertiary alicyclic amines) is 1. The SMILES string of the molecule is CCCNC1CCCCC1CN1CCC(C(C)C)C1. The van der Waals surface area contributed by atoms with Crippen LogP contribution in [0.4, 0.5) is 0 Å². The Balaban J connectivity index is 1.79. The van der Waals surface area contributed by atoms with Crippen molar-refractivity contribution in [1.29, 1.82) is 0 Å². The van der Waals surface area contributed by atoms with Crippen molar-refractivity contribution in [1.82, 2.24) is 10.2 Å². The van der Waals surface area contributed by atoms with Crippen molar-refractivity contribution >= 4 is 0 Å². The molecule has 19 heavy (non-hydrogen) atoms. The minimum atomic E-state index is 0.798. The second-order valence-corrected chi connectivity index (χ2v) is 7.16. The highest BCUT2D eigenvalue weighted by Crippen LogP contribution is 2.29. The van der Waals surface area contributed by atoms with Crippen LogP contribution in [-0.4, -0.2) is 37.1 Å². The van der Waals surface area contributed by atoms with Gasteiger partial charge in [-0.3, -0.25) is 0 Å². The van der Waals surface area contributed by atoms with E-state index in [0.29, 0.717) is 0 Å². The Bertz CT molecular complexity index is 252. The highest BCUT2D eigenvalue weighted by Gasteiger charge is 2.30. The van der Waals surface area contributed by atoms with Crippen LogP contribution in [0.2, 0.25) is 0 Å². The molecule has 2 nitrogen and oxygen atoms in total. The topological polar surface area (TPSA) is 15.3 Å². The van der Waals surface area contributed by atoms with Crippen LogP contribution in [0.25, 0.3) is 0 Å². The van der Waals surface area contributed by atoms with E-state index in [0.717, 1.165) is 23.8 Å². The van der Waals surface area contributed by atoms with Crippen LogP contribution in [0.3, 0.4) is 0 Å². The van der Waals surface area contributed by atoms with Crippen LogP contribution >= 0.6 is 0 Å². The summed E-state index contributed by atoms with van der Waals surface area (Å²) in [6, 6.07) is 0.798. The molecule has 1 N–H and O–H groups in total. The lowest BCUT2D eigenvalue weighted by molar-refractivity contribution is 0.182. The maximum atomic E-state index is 3.80. The predicted molar refractivity (Wildman–Crippen MR) is 83.4 cm³/mol. The molecule has 112 valence electrons. The van der Waals surface area contributed by atoms with Gasteiger partial charge in [0, 0.05) is 19.1 Å². The molecule has 0 radical (unpaired) electrons. The number of hydrogen-bond acceptors (Lipinski definition) is 2. The van der Waals surface area contributed by atoms with Crippen LogP contribution < -0.4 is 5.32 Å². The van der Waals surface area contributed by atoms with Gasteiger partial charge < -0.3 is 10.2 Å². The zero-order valence-electron chi connectivity index (χ0n) is 13.3. The van der Waals surface area contributed by atoms with Gasteiger partial charge in [-0.25, -0.2) is 0 Å². The summed E-state index contributed by atoms with van der Waals surface area (Å²) in [7, 11) is 0. The molecule has 0 aromatic rings. The Morgan fingerprint density at radius 3 is 2.63 bits per heavy atom. The Morgan fingerprint density at radius 2 is 1.95 bits per heavy atom. The molecule has 0 bridgehead atoms. The molecular weight excluding hydrogens is 232 g/mol. The van der Waals surface area contributed by atoms with E-state index in [1.807, 2.05) is 0 Å². The zero-order valence-corrected chi connectivity index (χ0v) is 13.3. The van der Waals surface area contributed by atoms with Gasteiger partial charge in [-0.2, -0.15) is 0 Å². The largest absolute Gasteiger partial charge is 0.314 e. The fourth-order valence-corrected chi connectivity index (χ4v) is 3.93. The van der Waals surface area contributed by atoms with Crippen molar-refractivity contribution in [2.45, 2.75) is 65.3 Å². The minimum absolute atomic E-state index is 0.798. The summed E-state index contributed by atoms with van der Waals surface area (Å²) in [6.45, 7) is 12.3. The highest BCUT2D eigenvalue weighted by molar-refractivity contribution is 4.86. The van der Waals surface area contributed by atoms with Gasteiger partial charge in [0.05, 0.1) is 0 Å². The molecule has 1 saturated carbocycles. The van der Waals surface area contributed by atoms with E-state index < -0.39 is 0 Å². The van der Waals surface area contributed by atoms with E-state index >= 15 is 0 Å². The molecule has 0 spiro atoms. The molecule has 2 fully saturated rings. The molecule has 0 aromatic heterocycles. The molecular formula is C17H34N2. The molecule has 2 aliphatic rings. The lowest BCUT2D eigenvalue weighted by atomic mass is 9.84. The van der Waals surface area contributed by atoms with Gasteiger partial charge in [0.25, 0.3) is 0 Å². The molecule has 1 aliphatic carbocycles. The average Bonchev–Trinajstić information content (AvgIpc) is 2.86. The van der Waals surface area contributed by atoms with E-state index in [4.69, 9.17) is 0 Å². The first-order valence-electron chi connectivity index (χ1n) is 8.66. The molecule has 2 rings (SSSR count). The second kappa shape index (κ2) is 7.64. The molecule has 3 unspecified atom stereocenters. The molecule has 1 heterocycles. The van der Waals surface area contributed by atoms with Crippen LogP contribution in [0.5, 0.6) is 0 Å². The van der Waals surface area contributed by atoms with E-state index in [1.165, 1.54) is 64.7 Å². The van der Waals surface area contributed by atoms with Crippen molar-refractivity contribution < 1.29 is 0 Å². The lowest BCUT2D eigenvalue weighted by Crippen LogP contribution is -2.44. The summed E-state index contributed by atoms with van der Waals surface area (Å²) in [5.74, 6) is 2.72. The van der Waals surface area contributed by atoms with Crippen LogP contribution in [0.15, 0.2) is 0 Å². The van der Waals surface area contributed by atoms with Gasteiger partial charge in [0.1, 0.15) is 0 Å². The van der Waals surface area contributed by atoms with Crippen molar-refractivity contribution in [2.24, 2.45) is 17.8 Å². The Morgan fingerprint density at radius 1 is 1.16 bits per heavy atom. The maximum Gasteiger partial charge on any atom is 0.0107 e. The van der Waals surface area contributed by atoms with Crippen molar-refractivity contribution in [3.05, 3.63) is 0 Å². The minimum Gasteiger partial charge on any atom is -0.314 e. The quantitative estimate of drug-likeness (QED) is 0.791. The average molecular weight is 266 g/mol. The lowest BCUT2D eigenvalue weighted by Gasteiger charge is -2.35. The number of rotatable bonds is 6. The van der Waals surface area contributed by atoms with Gasteiger partial charge in [-0.15, -0.1) is 0 Å². The summed E-state index contributed by atoms with van der Waals surface area (Å²) in [4.78, 5) is 2.75. The van der Waals surface area contributed by atoms with Gasteiger partial charge in [0.15, 0.2) is 0 Å². The second-order valence-electron chi connectivity index (χ2n) is 7.16. The molecule has 0 aromatic carbocycles.